The minimum absolute atomic E-state index is 0.197. The molecule has 0 bridgehead atoms. The summed E-state index contributed by atoms with van der Waals surface area (Å²) in [5, 5.41) is 0. The summed E-state index contributed by atoms with van der Waals surface area (Å²) in [6.07, 6.45) is -2.62. The number of halogens is 3. The highest BCUT2D eigenvalue weighted by Crippen LogP contribution is 2.23. The molecule has 0 unspecified atom stereocenters. The molecular formula is C9H10F3NO. The lowest BCUT2D eigenvalue weighted by atomic mass is 10.2. The molecular weight excluding hydrogens is 195 g/mol. The van der Waals surface area contributed by atoms with Crippen LogP contribution in [0.4, 0.5) is 18.9 Å². The standard InChI is InChI=1S/C9H10F3NO/c1-5-2-8(14-4-9(11)12)6(10)3-7(5)13/h2-3,9H,4,13H2,1H3. The molecule has 1 aromatic carbocycles. The fourth-order valence-electron chi connectivity index (χ4n) is 0.934. The van der Waals surface area contributed by atoms with Crippen molar-refractivity contribution >= 4 is 5.69 Å². The lowest BCUT2D eigenvalue weighted by Gasteiger charge is -2.08. The monoisotopic (exact) mass is 205 g/mol. The number of anilines is 1. The first-order chi connectivity index (χ1) is 6.50. The average Bonchev–Trinajstić information content (AvgIpc) is 2.09. The van der Waals surface area contributed by atoms with Crippen molar-refractivity contribution in [2.45, 2.75) is 13.3 Å². The van der Waals surface area contributed by atoms with E-state index >= 15 is 0 Å². The van der Waals surface area contributed by atoms with Crippen molar-refractivity contribution in [2.24, 2.45) is 0 Å². The van der Waals surface area contributed by atoms with Crippen LogP contribution in [-0.2, 0) is 0 Å². The van der Waals surface area contributed by atoms with E-state index in [9.17, 15) is 13.2 Å². The molecule has 2 N–H and O–H groups in total. The molecule has 0 aliphatic rings. The Labute approximate surface area is 79.5 Å². The van der Waals surface area contributed by atoms with Gasteiger partial charge in [-0.2, -0.15) is 0 Å². The van der Waals surface area contributed by atoms with Gasteiger partial charge >= 0.3 is 0 Å². The molecule has 2 nitrogen and oxygen atoms in total. The number of hydrogen-bond acceptors (Lipinski definition) is 2. The summed E-state index contributed by atoms with van der Waals surface area (Å²) in [5.41, 5.74) is 6.27. The molecule has 0 saturated carbocycles. The normalized spacial score (nSPS) is 10.6. The topological polar surface area (TPSA) is 35.2 Å². The third kappa shape index (κ3) is 2.55. The lowest BCUT2D eigenvalue weighted by molar-refractivity contribution is 0.0799. The van der Waals surface area contributed by atoms with Gasteiger partial charge < -0.3 is 10.5 Å². The van der Waals surface area contributed by atoms with Crippen molar-refractivity contribution in [2.75, 3.05) is 12.3 Å². The van der Waals surface area contributed by atoms with Crippen LogP contribution in [0, 0.1) is 12.7 Å². The highest BCUT2D eigenvalue weighted by molar-refractivity contribution is 5.50. The van der Waals surface area contributed by atoms with E-state index in [0.717, 1.165) is 6.07 Å². The predicted molar refractivity (Wildman–Crippen MR) is 47.0 cm³/mol. The Bertz CT molecular complexity index is 328. The van der Waals surface area contributed by atoms with Gasteiger partial charge in [0.1, 0.15) is 6.61 Å². The van der Waals surface area contributed by atoms with Crippen LogP contribution in [-0.4, -0.2) is 13.0 Å². The second-order valence-corrected chi connectivity index (χ2v) is 2.84. The van der Waals surface area contributed by atoms with Crippen LogP contribution in [0.3, 0.4) is 0 Å². The van der Waals surface area contributed by atoms with Crippen LogP contribution in [0.15, 0.2) is 12.1 Å². The molecule has 0 aliphatic heterocycles. The molecule has 5 heteroatoms. The Kier molecular flexibility index (Phi) is 3.22. The molecule has 14 heavy (non-hydrogen) atoms. The minimum Gasteiger partial charge on any atom is -0.485 e. The van der Waals surface area contributed by atoms with Gasteiger partial charge in [-0.05, 0) is 18.6 Å². The number of rotatable bonds is 3. The summed E-state index contributed by atoms with van der Waals surface area (Å²) in [5.74, 6) is -0.925. The van der Waals surface area contributed by atoms with Gasteiger partial charge in [0.2, 0.25) is 0 Å². The maximum Gasteiger partial charge on any atom is 0.272 e. The molecule has 0 aromatic heterocycles. The van der Waals surface area contributed by atoms with Crippen LogP contribution < -0.4 is 10.5 Å². The Morgan fingerprint density at radius 2 is 2.07 bits per heavy atom. The highest BCUT2D eigenvalue weighted by Gasteiger charge is 2.09. The third-order valence-corrected chi connectivity index (χ3v) is 1.69. The van der Waals surface area contributed by atoms with Crippen molar-refractivity contribution in [3.8, 4) is 5.75 Å². The fourth-order valence-corrected chi connectivity index (χ4v) is 0.934. The number of hydrogen-bond donors (Lipinski definition) is 1. The predicted octanol–water partition coefficient (Wildman–Crippen LogP) is 2.36. The number of benzene rings is 1. The summed E-state index contributed by atoms with van der Waals surface area (Å²) < 4.78 is 41.1. The zero-order valence-corrected chi connectivity index (χ0v) is 7.56. The average molecular weight is 205 g/mol. The van der Waals surface area contributed by atoms with Gasteiger partial charge in [-0.15, -0.1) is 0 Å². The van der Waals surface area contributed by atoms with E-state index in [2.05, 4.69) is 4.74 Å². The molecule has 0 radical (unpaired) electrons. The molecule has 0 aliphatic carbocycles. The summed E-state index contributed by atoms with van der Waals surface area (Å²) >= 11 is 0. The van der Waals surface area contributed by atoms with Crippen LogP contribution in [0.25, 0.3) is 0 Å². The zero-order chi connectivity index (χ0) is 10.7. The number of ether oxygens (including phenoxy) is 1. The van der Waals surface area contributed by atoms with Gasteiger partial charge in [-0.3, -0.25) is 0 Å². The second-order valence-electron chi connectivity index (χ2n) is 2.84. The number of alkyl halides is 2. The molecule has 0 spiro atoms. The summed E-state index contributed by atoms with van der Waals surface area (Å²) in [4.78, 5) is 0. The quantitative estimate of drug-likeness (QED) is 0.769. The van der Waals surface area contributed by atoms with E-state index in [4.69, 9.17) is 5.73 Å². The van der Waals surface area contributed by atoms with Crippen LogP contribution in [0.1, 0.15) is 5.56 Å². The highest BCUT2D eigenvalue weighted by atomic mass is 19.3. The Hall–Kier alpha value is -1.39. The molecule has 78 valence electrons. The molecule has 0 heterocycles. The van der Waals surface area contributed by atoms with Crippen molar-refractivity contribution in [1.82, 2.24) is 0 Å². The van der Waals surface area contributed by atoms with Gasteiger partial charge in [0.25, 0.3) is 6.43 Å². The van der Waals surface area contributed by atoms with E-state index in [1.807, 2.05) is 0 Å². The number of nitrogens with two attached hydrogens (primary N) is 1. The second kappa shape index (κ2) is 4.21. The van der Waals surface area contributed by atoms with Gasteiger partial charge in [-0.1, -0.05) is 0 Å². The smallest absolute Gasteiger partial charge is 0.272 e. The van der Waals surface area contributed by atoms with Crippen molar-refractivity contribution in [1.29, 1.82) is 0 Å². The van der Waals surface area contributed by atoms with E-state index in [0.29, 0.717) is 5.56 Å². The van der Waals surface area contributed by atoms with Gasteiger partial charge in [0.05, 0.1) is 0 Å². The molecule has 0 atom stereocenters. The summed E-state index contributed by atoms with van der Waals surface area (Å²) in [7, 11) is 0. The molecule has 1 rings (SSSR count). The summed E-state index contributed by atoms with van der Waals surface area (Å²) in [6, 6.07) is 2.35. The zero-order valence-electron chi connectivity index (χ0n) is 7.56. The van der Waals surface area contributed by atoms with Crippen molar-refractivity contribution in [3.63, 3.8) is 0 Å². The number of nitrogen functional groups attached to an aromatic ring is 1. The Morgan fingerprint density at radius 3 is 2.64 bits per heavy atom. The molecule has 0 amide bonds. The third-order valence-electron chi connectivity index (χ3n) is 1.69. The van der Waals surface area contributed by atoms with Crippen LogP contribution in [0.5, 0.6) is 5.75 Å². The van der Waals surface area contributed by atoms with Gasteiger partial charge in [0, 0.05) is 11.8 Å². The van der Waals surface area contributed by atoms with Gasteiger partial charge in [-0.25, -0.2) is 13.2 Å². The maximum atomic E-state index is 13.0. The molecule has 0 saturated heterocycles. The lowest BCUT2D eigenvalue weighted by Crippen LogP contribution is -2.08. The van der Waals surface area contributed by atoms with Crippen molar-refractivity contribution in [3.05, 3.63) is 23.5 Å². The van der Waals surface area contributed by atoms with E-state index in [1.54, 1.807) is 6.92 Å². The Morgan fingerprint density at radius 1 is 1.43 bits per heavy atom. The summed E-state index contributed by atoms with van der Waals surface area (Å²) in [6.45, 7) is 0.824. The number of aryl methyl sites for hydroxylation is 1. The van der Waals surface area contributed by atoms with Gasteiger partial charge in [0.15, 0.2) is 11.6 Å². The fraction of sp³-hybridized carbons (Fsp3) is 0.333. The van der Waals surface area contributed by atoms with Crippen LogP contribution >= 0.6 is 0 Å². The first-order valence-electron chi connectivity index (χ1n) is 3.97. The minimum atomic E-state index is -2.62. The largest absolute Gasteiger partial charge is 0.485 e. The van der Waals surface area contributed by atoms with E-state index in [-0.39, 0.29) is 11.4 Å². The maximum absolute atomic E-state index is 13.0. The van der Waals surface area contributed by atoms with E-state index < -0.39 is 18.8 Å². The Balaban J connectivity index is 2.82. The SMILES string of the molecule is Cc1cc(OCC(F)F)c(F)cc1N. The van der Waals surface area contributed by atoms with Crippen molar-refractivity contribution < 1.29 is 17.9 Å². The van der Waals surface area contributed by atoms with Crippen LogP contribution in [0.2, 0.25) is 0 Å². The first kappa shape index (κ1) is 10.7. The first-order valence-corrected chi connectivity index (χ1v) is 3.97. The van der Waals surface area contributed by atoms with E-state index in [1.165, 1.54) is 6.07 Å². The molecule has 0 fully saturated rings. The molecule has 1 aromatic rings.